The fourth-order valence-corrected chi connectivity index (χ4v) is 2.86. The van der Waals surface area contributed by atoms with Crippen LogP contribution in [0.25, 0.3) is 0 Å². The molecule has 4 atom stereocenters. The van der Waals surface area contributed by atoms with E-state index in [2.05, 4.69) is 27.7 Å². The highest BCUT2D eigenvalue weighted by molar-refractivity contribution is 4.80. The summed E-state index contributed by atoms with van der Waals surface area (Å²) in [5, 5.41) is 20.4. The highest BCUT2D eigenvalue weighted by Gasteiger charge is 2.30. The second-order valence-corrected chi connectivity index (χ2v) is 6.99. The minimum absolute atomic E-state index is 0.232. The fraction of sp³-hybridized carbons (Fsp3) is 1.00. The number of hydrogen-bond donors (Lipinski definition) is 2. The number of rotatable bonds is 10. The summed E-state index contributed by atoms with van der Waals surface area (Å²) in [6, 6.07) is 0. The summed E-state index contributed by atoms with van der Waals surface area (Å²) in [6.07, 6.45) is 4.50. The first-order valence-corrected chi connectivity index (χ1v) is 8.15. The molecule has 0 saturated carbocycles. The molecule has 19 heavy (non-hydrogen) atoms. The Kier molecular flexibility index (Phi) is 9.72. The lowest BCUT2D eigenvalue weighted by atomic mass is 9.76. The largest absolute Gasteiger partial charge is 0.393 e. The van der Waals surface area contributed by atoms with Gasteiger partial charge >= 0.3 is 0 Å². The van der Waals surface area contributed by atoms with Crippen molar-refractivity contribution < 1.29 is 10.2 Å². The third-order valence-electron chi connectivity index (χ3n) is 4.24. The normalized spacial score (nSPS) is 18.6. The number of aliphatic hydroxyl groups excluding tert-OH is 2. The zero-order valence-corrected chi connectivity index (χ0v) is 13.9. The second kappa shape index (κ2) is 9.77. The minimum Gasteiger partial charge on any atom is -0.393 e. The van der Waals surface area contributed by atoms with Crippen LogP contribution in [-0.2, 0) is 0 Å². The van der Waals surface area contributed by atoms with Crippen LogP contribution in [0, 0.1) is 23.7 Å². The third kappa shape index (κ3) is 7.94. The first-order chi connectivity index (χ1) is 8.79. The van der Waals surface area contributed by atoms with Gasteiger partial charge in [-0.1, -0.05) is 47.5 Å². The van der Waals surface area contributed by atoms with Gasteiger partial charge in [0.15, 0.2) is 0 Å². The zero-order chi connectivity index (χ0) is 15.0. The van der Waals surface area contributed by atoms with Gasteiger partial charge in [-0.15, -0.1) is 0 Å². The van der Waals surface area contributed by atoms with Crippen LogP contribution in [0.1, 0.15) is 73.6 Å². The Labute approximate surface area is 120 Å². The molecule has 2 heteroatoms. The molecule has 0 aromatic carbocycles. The lowest BCUT2D eigenvalue weighted by Crippen LogP contribution is -2.34. The van der Waals surface area contributed by atoms with E-state index >= 15 is 0 Å². The zero-order valence-electron chi connectivity index (χ0n) is 13.9. The second-order valence-electron chi connectivity index (χ2n) is 6.99. The van der Waals surface area contributed by atoms with Crippen molar-refractivity contribution in [3.63, 3.8) is 0 Å². The van der Waals surface area contributed by atoms with Crippen LogP contribution >= 0.6 is 0 Å². The van der Waals surface area contributed by atoms with Crippen molar-refractivity contribution >= 4 is 0 Å². The van der Waals surface area contributed by atoms with Crippen molar-refractivity contribution in [2.45, 2.75) is 85.9 Å². The summed E-state index contributed by atoms with van der Waals surface area (Å²) in [4.78, 5) is 0. The lowest BCUT2D eigenvalue weighted by Gasteiger charge is -2.33. The SMILES string of the molecule is CCC(O)C(CCC(C)C)C(CCC(C)C)C(C)O. The van der Waals surface area contributed by atoms with E-state index in [9.17, 15) is 10.2 Å². The van der Waals surface area contributed by atoms with Crippen molar-refractivity contribution in [1.29, 1.82) is 0 Å². The Bertz CT molecular complexity index is 211. The van der Waals surface area contributed by atoms with Crippen molar-refractivity contribution in [3.8, 4) is 0 Å². The van der Waals surface area contributed by atoms with Gasteiger partial charge in [0.05, 0.1) is 12.2 Å². The predicted octanol–water partition coefficient (Wildman–Crippen LogP) is 4.24. The quantitative estimate of drug-likeness (QED) is 0.624. The molecule has 0 heterocycles. The first kappa shape index (κ1) is 18.9. The van der Waals surface area contributed by atoms with E-state index in [4.69, 9.17) is 0 Å². The molecule has 0 aliphatic carbocycles. The van der Waals surface area contributed by atoms with Gasteiger partial charge in [-0.3, -0.25) is 0 Å². The molecule has 0 spiro atoms. The molecule has 4 unspecified atom stereocenters. The Morgan fingerprint density at radius 1 is 0.684 bits per heavy atom. The monoisotopic (exact) mass is 272 g/mol. The van der Waals surface area contributed by atoms with Crippen LogP contribution in [0.4, 0.5) is 0 Å². The molecule has 0 aromatic heterocycles. The van der Waals surface area contributed by atoms with E-state index in [1.54, 1.807) is 0 Å². The molecule has 0 fully saturated rings. The molecule has 0 amide bonds. The summed E-state index contributed by atoms with van der Waals surface area (Å²) < 4.78 is 0. The Hall–Kier alpha value is -0.0800. The maximum absolute atomic E-state index is 10.3. The van der Waals surface area contributed by atoms with Crippen molar-refractivity contribution in [2.24, 2.45) is 23.7 Å². The van der Waals surface area contributed by atoms with Crippen LogP contribution in [0.2, 0.25) is 0 Å². The van der Waals surface area contributed by atoms with Crippen molar-refractivity contribution in [1.82, 2.24) is 0 Å². The first-order valence-electron chi connectivity index (χ1n) is 8.15. The van der Waals surface area contributed by atoms with Crippen LogP contribution in [0.3, 0.4) is 0 Å². The van der Waals surface area contributed by atoms with Gasteiger partial charge in [0.2, 0.25) is 0 Å². The predicted molar refractivity (Wildman–Crippen MR) is 83.1 cm³/mol. The van der Waals surface area contributed by atoms with Crippen LogP contribution in [-0.4, -0.2) is 22.4 Å². The van der Waals surface area contributed by atoms with E-state index in [1.165, 1.54) is 0 Å². The Morgan fingerprint density at radius 2 is 1.11 bits per heavy atom. The number of hydrogen-bond acceptors (Lipinski definition) is 2. The lowest BCUT2D eigenvalue weighted by molar-refractivity contribution is 0.000566. The maximum atomic E-state index is 10.3. The maximum Gasteiger partial charge on any atom is 0.0569 e. The molecule has 0 rings (SSSR count). The molecular weight excluding hydrogens is 236 g/mol. The minimum atomic E-state index is -0.322. The van der Waals surface area contributed by atoms with E-state index in [-0.39, 0.29) is 24.0 Å². The highest BCUT2D eigenvalue weighted by Crippen LogP contribution is 2.32. The van der Waals surface area contributed by atoms with Gasteiger partial charge < -0.3 is 10.2 Å². The summed E-state index contributed by atoms with van der Waals surface area (Å²) in [5.74, 6) is 1.79. The van der Waals surface area contributed by atoms with Crippen LogP contribution in [0.5, 0.6) is 0 Å². The molecule has 0 aromatic rings. The van der Waals surface area contributed by atoms with Gasteiger partial charge in [-0.05, 0) is 49.9 Å². The van der Waals surface area contributed by atoms with E-state index in [1.807, 2.05) is 13.8 Å². The Balaban J connectivity index is 4.70. The van der Waals surface area contributed by atoms with Crippen LogP contribution in [0.15, 0.2) is 0 Å². The van der Waals surface area contributed by atoms with Gasteiger partial charge in [0.1, 0.15) is 0 Å². The molecule has 116 valence electrons. The smallest absolute Gasteiger partial charge is 0.0569 e. The molecule has 0 aliphatic rings. The molecule has 2 nitrogen and oxygen atoms in total. The molecule has 0 radical (unpaired) electrons. The topological polar surface area (TPSA) is 40.5 Å². The van der Waals surface area contributed by atoms with Gasteiger partial charge in [0.25, 0.3) is 0 Å². The van der Waals surface area contributed by atoms with E-state index in [0.717, 1.165) is 32.1 Å². The Morgan fingerprint density at radius 3 is 1.42 bits per heavy atom. The average Bonchev–Trinajstić information content (AvgIpc) is 2.31. The van der Waals surface area contributed by atoms with Gasteiger partial charge in [-0.25, -0.2) is 0 Å². The van der Waals surface area contributed by atoms with E-state index in [0.29, 0.717) is 11.8 Å². The molecule has 0 aliphatic heterocycles. The van der Waals surface area contributed by atoms with Crippen molar-refractivity contribution in [3.05, 3.63) is 0 Å². The molecular formula is C17H36O2. The average molecular weight is 272 g/mol. The van der Waals surface area contributed by atoms with Crippen molar-refractivity contribution in [2.75, 3.05) is 0 Å². The fourth-order valence-electron chi connectivity index (χ4n) is 2.86. The van der Waals surface area contributed by atoms with Crippen LogP contribution < -0.4 is 0 Å². The summed E-state index contributed by atoms with van der Waals surface area (Å²) in [6.45, 7) is 12.8. The van der Waals surface area contributed by atoms with Gasteiger partial charge in [-0.2, -0.15) is 0 Å². The summed E-state index contributed by atoms with van der Waals surface area (Å²) in [7, 11) is 0. The highest BCUT2D eigenvalue weighted by atomic mass is 16.3. The molecule has 2 N–H and O–H groups in total. The van der Waals surface area contributed by atoms with Gasteiger partial charge in [0, 0.05) is 0 Å². The third-order valence-corrected chi connectivity index (χ3v) is 4.24. The van der Waals surface area contributed by atoms with E-state index < -0.39 is 0 Å². The molecule has 0 bridgehead atoms. The summed E-state index contributed by atoms with van der Waals surface area (Å²) in [5.41, 5.74) is 0. The molecule has 0 saturated heterocycles. The standard InChI is InChI=1S/C17H36O2/c1-7-17(19)16(11-9-13(4)5)15(14(6)18)10-8-12(2)3/h12-19H,7-11H2,1-6H3. The number of aliphatic hydroxyl groups is 2. The summed E-state index contributed by atoms with van der Waals surface area (Å²) >= 11 is 0.